The van der Waals surface area contributed by atoms with Gasteiger partial charge in [0.15, 0.2) is 5.96 Å². The molecule has 0 radical (unpaired) electrons. The van der Waals surface area contributed by atoms with E-state index < -0.39 is 0 Å². The Morgan fingerprint density at radius 3 is 2.93 bits per heavy atom. The highest BCUT2D eigenvalue weighted by Crippen LogP contribution is 2.25. The van der Waals surface area contributed by atoms with E-state index in [4.69, 9.17) is 14.1 Å². The summed E-state index contributed by atoms with van der Waals surface area (Å²) < 4.78 is 11.4. The van der Waals surface area contributed by atoms with Crippen molar-refractivity contribution in [1.82, 2.24) is 10.2 Å². The lowest BCUT2D eigenvalue weighted by atomic mass is 10.0. The average Bonchev–Trinajstić information content (AvgIpc) is 3.18. The number of halogens is 1. The van der Waals surface area contributed by atoms with E-state index in [1.807, 2.05) is 18.2 Å². The molecule has 27 heavy (non-hydrogen) atoms. The van der Waals surface area contributed by atoms with Gasteiger partial charge in [0.2, 0.25) is 0 Å². The lowest BCUT2D eigenvalue weighted by Gasteiger charge is -2.35. The zero-order valence-corrected chi connectivity index (χ0v) is 18.1. The van der Waals surface area contributed by atoms with Crippen molar-refractivity contribution < 1.29 is 9.15 Å². The zero-order valence-electron chi connectivity index (χ0n) is 15.8. The quantitative estimate of drug-likeness (QED) is 0.294. The van der Waals surface area contributed by atoms with E-state index >= 15 is 0 Å². The van der Waals surface area contributed by atoms with Crippen LogP contribution in [0.3, 0.4) is 0 Å². The van der Waals surface area contributed by atoms with Crippen molar-refractivity contribution in [3.63, 3.8) is 0 Å². The molecule has 1 aromatic heterocycles. The third-order valence-corrected chi connectivity index (χ3v) is 4.51. The van der Waals surface area contributed by atoms with Crippen molar-refractivity contribution in [3.8, 4) is 0 Å². The second-order valence-corrected chi connectivity index (χ2v) is 6.37. The van der Waals surface area contributed by atoms with Crippen molar-refractivity contribution in [2.45, 2.75) is 19.4 Å². The lowest BCUT2D eigenvalue weighted by Crippen LogP contribution is -2.48. The van der Waals surface area contributed by atoms with E-state index in [2.05, 4.69) is 48.0 Å². The van der Waals surface area contributed by atoms with Crippen LogP contribution in [-0.2, 0) is 11.2 Å². The monoisotopic (exact) mass is 481 g/mol. The van der Waals surface area contributed by atoms with Crippen molar-refractivity contribution in [2.24, 2.45) is 4.99 Å². The van der Waals surface area contributed by atoms with Crippen LogP contribution in [0.4, 0.5) is 0 Å². The summed E-state index contributed by atoms with van der Waals surface area (Å²) >= 11 is 0. The van der Waals surface area contributed by atoms with E-state index in [1.165, 1.54) is 11.1 Å². The summed E-state index contributed by atoms with van der Waals surface area (Å²) in [5.41, 5.74) is 2.51. The molecule has 1 aromatic carbocycles. The minimum absolute atomic E-state index is 0. The highest BCUT2D eigenvalue weighted by molar-refractivity contribution is 14.0. The van der Waals surface area contributed by atoms with Gasteiger partial charge in [-0.25, -0.2) is 0 Å². The number of aliphatic imine (C=N–C) groups is 1. The number of morpholine rings is 1. The Balaban J connectivity index is 0.00000261. The number of guanidine groups is 1. The van der Waals surface area contributed by atoms with E-state index in [0.29, 0.717) is 19.7 Å². The second kappa shape index (κ2) is 11.1. The average molecular weight is 481 g/mol. The van der Waals surface area contributed by atoms with Gasteiger partial charge < -0.3 is 19.4 Å². The topological polar surface area (TPSA) is 50.0 Å². The molecule has 0 bridgehead atoms. The largest absolute Gasteiger partial charge is 0.469 e. The number of ether oxygens (including phenoxy) is 1. The third kappa shape index (κ3) is 6.10. The summed E-state index contributed by atoms with van der Waals surface area (Å²) in [5, 5.41) is 3.38. The molecule has 1 aliphatic heterocycles. The molecule has 6 heteroatoms. The molecule has 1 unspecified atom stereocenters. The van der Waals surface area contributed by atoms with Gasteiger partial charge in [0.05, 0.1) is 19.4 Å². The second-order valence-electron chi connectivity index (χ2n) is 6.37. The van der Waals surface area contributed by atoms with E-state index in [9.17, 15) is 0 Å². The molecule has 1 N–H and O–H groups in total. The number of hydrogen-bond acceptors (Lipinski definition) is 3. The normalized spacial score (nSPS) is 17.3. The number of hydrogen-bond donors (Lipinski definition) is 1. The van der Waals surface area contributed by atoms with Crippen molar-refractivity contribution in [3.05, 3.63) is 72.2 Å². The molecular formula is C21H28IN3O2. The van der Waals surface area contributed by atoms with Gasteiger partial charge >= 0.3 is 0 Å². The number of furan rings is 1. The molecule has 3 rings (SSSR count). The number of rotatable bonds is 6. The van der Waals surface area contributed by atoms with Crippen molar-refractivity contribution in [2.75, 3.05) is 32.8 Å². The van der Waals surface area contributed by atoms with Gasteiger partial charge in [0.25, 0.3) is 0 Å². The van der Waals surface area contributed by atoms with Crippen molar-refractivity contribution in [1.29, 1.82) is 0 Å². The molecule has 1 saturated heterocycles. The first kappa shape index (κ1) is 21.5. The summed E-state index contributed by atoms with van der Waals surface area (Å²) in [6, 6.07) is 12.3. The van der Waals surface area contributed by atoms with Gasteiger partial charge in [-0.1, -0.05) is 30.3 Å². The molecule has 1 aliphatic rings. The highest BCUT2D eigenvalue weighted by atomic mass is 127. The fourth-order valence-electron chi connectivity index (χ4n) is 3.14. The first-order valence-electron chi connectivity index (χ1n) is 9.11. The van der Waals surface area contributed by atoms with Gasteiger partial charge in [-0.05, 0) is 30.2 Å². The molecule has 0 aliphatic carbocycles. The van der Waals surface area contributed by atoms with Crippen LogP contribution < -0.4 is 5.32 Å². The van der Waals surface area contributed by atoms with Gasteiger partial charge in [0.1, 0.15) is 11.9 Å². The minimum Gasteiger partial charge on any atom is -0.469 e. The summed E-state index contributed by atoms with van der Waals surface area (Å²) in [6.45, 7) is 9.59. The Morgan fingerprint density at radius 2 is 2.19 bits per heavy atom. The Kier molecular flexibility index (Phi) is 8.87. The Hall–Kier alpha value is -1.80. The van der Waals surface area contributed by atoms with Crippen LogP contribution in [0.1, 0.15) is 23.0 Å². The predicted molar refractivity (Wildman–Crippen MR) is 120 cm³/mol. The van der Waals surface area contributed by atoms with Gasteiger partial charge in [-0.2, -0.15) is 0 Å². The molecule has 0 spiro atoms. The summed E-state index contributed by atoms with van der Waals surface area (Å²) in [4.78, 5) is 7.05. The Bertz CT molecular complexity index is 731. The standard InChI is InChI=1S/C21H27N3O2.HI/c1-3-11-22-21(23-12-10-18-8-6-14-25-18)24-13-15-26-20(16-24)19-9-5-4-7-17(19)2;/h3-9,14,20H,1,10-13,15-16H2,2H3,(H,22,23);1H. The summed E-state index contributed by atoms with van der Waals surface area (Å²) in [6.07, 6.45) is 4.40. The molecule has 146 valence electrons. The molecule has 1 fully saturated rings. The molecule has 2 heterocycles. The molecule has 5 nitrogen and oxygen atoms in total. The van der Waals surface area contributed by atoms with Crippen LogP contribution in [0.5, 0.6) is 0 Å². The number of benzene rings is 1. The van der Waals surface area contributed by atoms with E-state index in [0.717, 1.165) is 31.2 Å². The van der Waals surface area contributed by atoms with Crippen molar-refractivity contribution >= 4 is 29.9 Å². The summed E-state index contributed by atoms with van der Waals surface area (Å²) in [5.74, 6) is 1.86. The molecule has 1 atom stereocenters. The van der Waals surface area contributed by atoms with Gasteiger partial charge in [-0.3, -0.25) is 4.99 Å². The Labute approximate surface area is 178 Å². The minimum atomic E-state index is 0. The predicted octanol–water partition coefficient (Wildman–Crippen LogP) is 3.95. The van der Waals surface area contributed by atoms with Crippen LogP contribution in [0, 0.1) is 6.92 Å². The molecule has 0 amide bonds. The smallest absolute Gasteiger partial charge is 0.194 e. The maximum atomic E-state index is 6.03. The SMILES string of the molecule is C=CCNC(=NCCc1ccco1)N1CCOC(c2ccccc2C)C1.I. The van der Waals surface area contributed by atoms with Crippen LogP contribution in [0.15, 0.2) is 64.7 Å². The Morgan fingerprint density at radius 1 is 1.33 bits per heavy atom. The summed E-state index contributed by atoms with van der Waals surface area (Å²) in [7, 11) is 0. The lowest BCUT2D eigenvalue weighted by molar-refractivity contribution is -0.00829. The van der Waals surface area contributed by atoms with Crippen LogP contribution in [0.25, 0.3) is 0 Å². The fraction of sp³-hybridized carbons (Fsp3) is 0.381. The van der Waals surface area contributed by atoms with E-state index in [1.54, 1.807) is 6.26 Å². The first-order chi connectivity index (χ1) is 12.8. The molecular weight excluding hydrogens is 453 g/mol. The van der Waals surface area contributed by atoms with Crippen LogP contribution >= 0.6 is 24.0 Å². The van der Waals surface area contributed by atoms with Crippen LogP contribution in [-0.4, -0.2) is 43.6 Å². The van der Waals surface area contributed by atoms with Crippen LogP contribution in [0.2, 0.25) is 0 Å². The number of nitrogens with one attached hydrogen (secondary N) is 1. The number of aryl methyl sites for hydroxylation is 1. The van der Waals surface area contributed by atoms with Gasteiger partial charge in [0, 0.05) is 26.1 Å². The highest BCUT2D eigenvalue weighted by Gasteiger charge is 2.25. The number of nitrogens with zero attached hydrogens (tertiary/aromatic N) is 2. The maximum Gasteiger partial charge on any atom is 0.194 e. The first-order valence-corrected chi connectivity index (χ1v) is 9.11. The fourth-order valence-corrected chi connectivity index (χ4v) is 3.14. The third-order valence-electron chi connectivity index (χ3n) is 4.51. The van der Waals surface area contributed by atoms with Gasteiger partial charge in [-0.15, -0.1) is 30.6 Å². The zero-order chi connectivity index (χ0) is 18.2. The van der Waals surface area contributed by atoms with E-state index in [-0.39, 0.29) is 30.1 Å². The molecule has 0 saturated carbocycles. The maximum absolute atomic E-state index is 6.03. The molecule has 2 aromatic rings.